The quantitative estimate of drug-likeness (QED) is 0.726. The molecule has 1 amide bonds. The maximum atomic E-state index is 13.5. The molecule has 2 aliphatic rings. The fourth-order valence-electron chi connectivity index (χ4n) is 4.19. The van der Waals surface area contributed by atoms with Gasteiger partial charge in [-0.25, -0.2) is 13.4 Å². The second kappa shape index (κ2) is 6.96. The summed E-state index contributed by atoms with van der Waals surface area (Å²) in [7, 11) is -3.15. The van der Waals surface area contributed by atoms with Crippen molar-refractivity contribution in [2.45, 2.75) is 38.3 Å². The van der Waals surface area contributed by atoms with Crippen molar-refractivity contribution >= 4 is 26.8 Å². The molecule has 0 N–H and O–H groups in total. The summed E-state index contributed by atoms with van der Waals surface area (Å²) < 4.78 is 68.8. The second-order valence-electron chi connectivity index (χ2n) is 7.74. The number of pyridine rings is 1. The number of nitrogens with zero attached hydrogens (tertiary/aromatic N) is 3. The van der Waals surface area contributed by atoms with E-state index in [0.29, 0.717) is 32.4 Å². The van der Waals surface area contributed by atoms with Gasteiger partial charge in [0.1, 0.15) is 0 Å². The van der Waals surface area contributed by atoms with Crippen LogP contribution in [0.15, 0.2) is 10.6 Å². The predicted octanol–water partition coefficient (Wildman–Crippen LogP) is 2.69. The molecule has 2 aromatic heterocycles. The van der Waals surface area contributed by atoms with E-state index in [-0.39, 0.29) is 45.8 Å². The highest BCUT2D eigenvalue weighted by Crippen LogP contribution is 2.39. The van der Waals surface area contributed by atoms with Crippen molar-refractivity contribution in [3.05, 3.63) is 23.0 Å². The number of aryl methyl sites for hydroxylation is 1. The van der Waals surface area contributed by atoms with Crippen molar-refractivity contribution in [3.63, 3.8) is 0 Å². The lowest BCUT2D eigenvalue weighted by molar-refractivity contribution is -0.136. The first-order valence-corrected chi connectivity index (χ1v) is 11.2. The molecule has 0 spiro atoms. The molecule has 2 aliphatic heterocycles. The number of amides is 1. The van der Waals surface area contributed by atoms with Crippen LogP contribution < -0.4 is 0 Å². The van der Waals surface area contributed by atoms with E-state index in [9.17, 15) is 26.4 Å². The first-order chi connectivity index (χ1) is 13.5. The zero-order valence-corrected chi connectivity index (χ0v) is 16.5. The van der Waals surface area contributed by atoms with Crippen LogP contribution >= 0.6 is 0 Å². The van der Waals surface area contributed by atoms with Gasteiger partial charge in [-0.2, -0.15) is 13.2 Å². The number of alkyl halides is 3. The minimum Gasteiger partial charge on any atom is -0.342 e. The molecule has 2 fully saturated rings. The Balaban J connectivity index is 1.52. The third-order valence-corrected chi connectivity index (χ3v) is 7.52. The average Bonchev–Trinajstić information content (AvgIpc) is 3.22. The third-order valence-electron chi connectivity index (χ3n) is 5.75. The van der Waals surface area contributed by atoms with E-state index < -0.39 is 27.5 Å². The van der Waals surface area contributed by atoms with Gasteiger partial charge in [0, 0.05) is 24.7 Å². The van der Waals surface area contributed by atoms with Crippen molar-refractivity contribution in [2.75, 3.05) is 24.6 Å². The molecule has 4 heterocycles. The molecule has 11 heteroatoms. The Kier molecular flexibility index (Phi) is 4.83. The summed E-state index contributed by atoms with van der Waals surface area (Å²) in [4.78, 5) is 18.4. The summed E-state index contributed by atoms with van der Waals surface area (Å²) in [6, 6.07) is 1.05. The molecule has 0 radical (unpaired) electrons. The number of aromatic nitrogens is 2. The summed E-state index contributed by atoms with van der Waals surface area (Å²) >= 11 is 0. The van der Waals surface area contributed by atoms with Crippen LogP contribution in [0.3, 0.4) is 0 Å². The minimum atomic E-state index is -4.56. The van der Waals surface area contributed by atoms with E-state index in [0.717, 1.165) is 6.07 Å². The second-order valence-corrected chi connectivity index (χ2v) is 9.97. The summed E-state index contributed by atoms with van der Waals surface area (Å²) in [6.07, 6.45) is -3.32. The highest BCUT2D eigenvalue weighted by molar-refractivity contribution is 7.91. The highest BCUT2D eigenvalue weighted by Gasteiger charge is 2.38. The van der Waals surface area contributed by atoms with Crippen molar-refractivity contribution < 1.29 is 30.9 Å². The number of carbonyl (C=O) groups is 1. The highest BCUT2D eigenvalue weighted by atomic mass is 32.2. The SMILES string of the molecule is Cc1noc2nc(C3CCN(C(=O)[C@H]4CCS(=O)(=O)C4)CC3)cc(C(F)(F)F)c12. The van der Waals surface area contributed by atoms with Gasteiger partial charge in [-0.1, -0.05) is 5.16 Å². The molecule has 7 nitrogen and oxygen atoms in total. The monoisotopic (exact) mass is 431 g/mol. The van der Waals surface area contributed by atoms with Crippen molar-refractivity contribution in [3.8, 4) is 0 Å². The Morgan fingerprint density at radius 2 is 1.93 bits per heavy atom. The maximum Gasteiger partial charge on any atom is 0.417 e. The third kappa shape index (κ3) is 3.84. The van der Waals surface area contributed by atoms with Gasteiger partial charge in [-0.3, -0.25) is 4.79 Å². The molecule has 2 aromatic rings. The molecule has 4 rings (SSSR count). The van der Waals surface area contributed by atoms with Crippen LogP contribution in [0.4, 0.5) is 13.2 Å². The van der Waals surface area contributed by atoms with E-state index in [1.807, 2.05) is 0 Å². The normalized spacial score (nSPS) is 23.0. The van der Waals surface area contributed by atoms with Crippen LogP contribution in [-0.2, 0) is 20.8 Å². The minimum absolute atomic E-state index is 0.0284. The zero-order valence-electron chi connectivity index (χ0n) is 15.7. The van der Waals surface area contributed by atoms with Crippen LogP contribution in [0.1, 0.15) is 42.1 Å². The van der Waals surface area contributed by atoms with Crippen LogP contribution in [-0.4, -0.2) is 54.0 Å². The largest absolute Gasteiger partial charge is 0.417 e. The van der Waals surface area contributed by atoms with Crippen molar-refractivity contribution in [2.24, 2.45) is 5.92 Å². The summed E-state index contributed by atoms with van der Waals surface area (Å²) in [5.74, 6) is -1.04. The molecule has 158 valence electrons. The Morgan fingerprint density at radius 1 is 1.24 bits per heavy atom. The van der Waals surface area contributed by atoms with Gasteiger partial charge in [-0.15, -0.1) is 0 Å². The lowest BCUT2D eigenvalue weighted by Crippen LogP contribution is -2.41. The van der Waals surface area contributed by atoms with Gasteiger partial charge < -0.3 is 9.42 Å². The average molecular weight is 431 g/mol. The van der Waals surface area contributed by atoms with Gasteiger partial charge in [0.05, 0.1) is 34.1 Å². The van der Waals surface area contributed by atoms with Crippen molar-refractivity contribution in [1.82, 2.24) is 15.0 Å². The number of piperidine rings is 1. The van der Waals surface area contributed by atoms with E-state index in [2.05, 4.69) is 10.1 Å². The Bertz CT molecular complexity index is 1060. The van der Waals surface area contributed by atoms with E-state index >= 15 is 0 Å². The molecule has 2 saturated heterocycles. The molecular weight excluding hydrogens is 411 g/mol. The maximum absolute atomic E-state index is 13.5. The summed E-state index contributed by atoms with van der Waals surface area (Å²) in [5.41, 5.74) is -0.539. The lowest BCUT2D eigenvalue weighted by atomic mass is 9.91. The van der Waals surface area contributed by atoms with Gasteiger partial charge >= 0.3 is 6.18 Å². The molecule has 0 aromatic carbocycles. The van der Waals surface area contributed by atoms with Crippen molar-refractivity contribution in [1.29, 1.82) is 0 Å². The number of halogens is 3. The number of sulfone groups is 1. The van der Waals surface area contributed by atoms with E-state index in [1.165, 1.54) is 6.92 Å². The molecule has 0 bridgehead atoms. The first kappa shape index (κ1) is 20.1. The van der Waals surface area contributed by atoms with Crippen LogP contribution in [0.5, 0.6) is 0 Å². The van der Waals surface area contributed by atoms with Gasteiger partial charge in [0.25, 0.3) is 5.71 Å². The molecule has 29 heavy (non-hydrogen) atoms. The van der Waals surface area contributed by atoms with Gasteiger partial charge in [0.15, 0.2) is 9.84 Å². The van der Waals surface area contributed by atoms with Crippen LogP contribution in [0.25, 0.3) is 11.1 Å². The number of rotatable bonds is 2. The fourth-order valence-corrected chi connectivity index (χ4v) is 5.92. The lowest BCUT2D eigenvalue weighted by Gasteiger charge is -2.33. The summed E-state index contributed by atoms with van der Waals surface area (Å²) in [6.45, 7) is 2.16. The van der Waals surface area contributed by atoms with Gasteiger partial charge in [0.2, 0.25) is 5.91 Å². The number of hydrogen-bond donors (Lipinski definition) is 0. The zero-order chi connectivity index (χ0) is 21.0. The topological polar surface area (TPSA) is 93.4 Å². The number of fused-ring (bicyclic) bond motifs is 1. The number of hydrogen-bond acceptors (Lipinski definition) is 6. The Labute approximate surface area is 165 Å². The number of carbonyl (C=O) groups excluding carboxylic acids is 1. The smallest absolute Gasteiger partial charge is 0.342 e. The molecule has 0 unspecified atom stereocenters. The van der Waals surface area contributed by atoms with E-state index in [1.54, 1.807) is 4.90 Å². The predicted molar refractivity (Wildman–Crippen MR) is 96.9 cm³/mol. The van der Waals surface area contributed by atoms with Gasteiger partial charge in [-0.05, 0) is 32.3 Å². The Morgan fingerprint density at radius 3 is 2.52 bits per heavy atom. The fraction of sp³-hybridized carbons (Fsp3) is 0.611. The molecular formula is C18H20F3N3O4S. The molecule has 0 saturated carbocycles. The van der Waals surface area contributed by atoms with Crippen LogP contribution in [0.2, 0.25) is 0 Å². The first-order valence-electron chi connectivity index (χ1n) is 9.38. The molecule has 0 aliphatic carbocycles. The number of likely N-dealkylation sites (tertiary alicyclic amines) is 1. The van der Waals surface area contributed by atoms with E-state index in [4.69, 9.17) is 4.52 Å². The molecule has 1 atom stereocenters. The van der Waals surface area contributed by atoms with Crippen LogP contribution in [0, 0.1) is 12.8 Å². The summed E-state index contributed by atoms with van der Waals surface area (Å²) in [5, 5.41) is 3.48. The standard InChI is InChI=1S/C18H20F3N3O4S/c1-10-15-13(18(19,20)21)8-14(22-16(15)28-23-10)11-2-5-24(6-3-11)17(25)12-4-7-29(26,27)9-12/h8,11-12H,2-7,9H2,1H3/t12-/m0/s1. The Hall–Kier alpha value is -2.17.